The van der Waals surface area contributed by atoms with Crippen molar-refractivity contribution in [2.45, 2.75) is 39.2 Å². The van der Waals surface area contributed by atoms with E-state index in [9.17, 15) is 0 Å². The van der Waals surface area contributed by atoms with Crippen LogP contribution in [0, 0.1) is 0 Å². The molecular weight excluding hydrogens is 397 g/mol. The monoisotopic (exact) mass is 429 g/mol. The Morgan fingerprint density at radius 2 is 2.09 bits per heavy atom. The standard InChI is InChI=1S/C15H31N3O3.HI/c1-3-16-15(18-9-12-19-4-2)17-8-6-10-20-13-14-7-5-11-21-14;/h14H,3-13H2,1-2H3,(H2,16,17,18);1H. The van der Waals surface area contributed by atoms with Gasteiger partial charge in [-0.25, -0.2) is 0 Å². The van der Waals surface area contributed by atoms with E-state index in [0.29, 0.717) is 12.7 Å². The normalized spacial score (nSPS) is 18.1. The van der Waals surface area contributed by atoms with Crippen molar-refractivity contribution in [1.29, 1.82) is 0 Å². The predicted octanol–water partition coefficient (Wildman–Crippen LogP) is 1.78. The molecule has 132 valence electrons. The summed E-state index contributed by atoms with van der Waals surface area (Å²) in [5.74, 6) is 0.844. The van der Waals surface area contributed by atoms with E-state index in [2.05, 4.69) is 22.5 Å². The van der Waals surface area contributed by atoms with Crippen molar-refractivity contribution >= 4 is 29.9 Å². The first-order chi connectivity index (χ1) is 10.4. The molecule has 0 spiro atoms. The Bertz CT molecular complexity index is 275. The van der Waals surface area contributed by atoms with E-state index in [1.165, 1.54) is 0 Å². The van der Waals surface area contributed by atoms with Gasteiger partial charge >= 0.3 is 0 Å². The third-order valence-electron chi connectivity index (χ3n) is 3.13. The lowest BCUT2D eigenvalue weighted by atomic mass is 10.2. The van der Waals surface area contributed by atoms with E-state index >= 15 is 0 Å². The lowest BCUT2D eigenvalue weighted by Crippen LogP contribution is -2.39. The highest BCUT2D eigenvalue weighted by molar-refractivity contribution is 14.0. The van der Waals surface area contributed by atoms with Gasteiger partial charge in [0.2, 0.25) is 0 Å². The van der Waals surface area contributed by atoms with Crippen LogP contribution in [0.4, 0.5) is 0 Å². The largest absolute Gasteiger partial charge is 0.380 e. The summed E-state index contributed by atoms with van der Waals surface area (Å²) >= 11 is 0. The molecular formula is C15H32IN3O3. The number of aliphatic imine (C=N–C) groups is 1. The van der Waals surface area contributed by atoms with Crippen LogP contribution in [0.1, 0.15) is 33.1 Å². The van der Waals surface area contributed by atoms with Crippen LogP contribution in [-0.2, 0) is 14.2 Å². The summed E-state index contributed by atoms with van der Waals surface area (Å²) in [6, 6.07) is 0. The van der Waals surface area contributed by atoms with Crippen LogP contribution in [0.15, 0.2) is 4.99 Å². The van der Waals surface area contributed by atoms with Crippen molar-refractivity contribution in [3.05, 3.63) is 0 Å². The Morgan fingerprint density at radius 1 is 1.23 bits per heavy atom. The number of halogens is 1. The molecule has 0 aromatic rings. The molecule has 1 atom stereocenters. The van der Waals surface area contributed by atoms with Gasteiger partial charge in [-0.15, -0.1) is 24.0 Å². The lowest BCUT2D eigenvalue weighted by Gasteiger charge is -2.11. The van der Waals surface area contributed by atoms with Gasteiger partial charge in [0.05, 0.1) is 19.3 Å². The van der Waals surface area contributed by atoms with E-state index < -0.39 is 0 Å². The molecule has 1 aliphatic heterocycles. The molecule has 6 nitrogen and oxygen atoms in total. The van der Waals surface area contributed by atoms with Crippen LogP contribution < -0.4 is 10.6 Å². The minimum atomic E-state index is 0. The molecule has 1 unspecified atom stereocenters. The first-order valence-corrected chi connectivity index (χ1v) is 8.16. The van der Waals surface area contributed by atoms with Crippen molar-refractivity contribution in [2.75, 3.05) is 52.7 Å². The van der Waals surface area contributed by atoms with Gasteiger partial charge in [-0.1, -0.05) is 0 Å². The average molecular weight is 429 g/mol. The first kappa shape index (κ1) is 21.9. The molecule has 1 heterocycles. The number of hydrogen-bond acceptors (Lipinski definition) is 4. The van der Waals surface area contributed by atoms with Gasteiger partial charge in [0.15, 0.2) is 5.96 Å². The van der Waals surface area contributed by atoms with Gasteiger partial charge in [-0.2, -0.15) is 0 Å². The van der Waals surface area contributed by atoms with Crippen LogP contribution in [0.5, 0.6) is 0 Å². The fourth-order valence-corrected chi connectivity index (χ4v) is 2.08. The Morgan fingerprint density at radius 3 is 2.77 bits per heavy atom. The van der Waals surface area contributed by atoms with Crippen LogP contribution >= 0.6 is 24.0 Å². The van der Waals surface area contributed by atoms with E-state index in [4.69, 9.17) is 14.2 Å². The molecule has 0 radical (unpaired) electrons. The smallest absolute Gasteiger partial charge is 0.191 e. The molecule has 0 aromatic carbocycles. The third kappa shape index (κ3) is 11.4. The summed E-state index contributed by atoms with van der Waals surface area (Å²) < 4.78 is 16.4. The van der Waals surface area contributed by atoms with Gasteiger partial charge in [0.25, 0.3) is 0 Å². The van der Waals surface area contributed by atoms with Crippen LogP contribution in [0.3, 0.4) is 0 Å². The van der Waals surface area contributed by atoms with Crippen molar-refractivity contribution in [2.24, 2.45) is 4.99 Å². The summed E-state index contributed by atoms with van der Waals surface area (Å²) in [7, 11) is 0. The predicted molar refractivity (Wildman–Crippen MR) is 100 cm³/mol. The second kappa shape index (κ2) is 15.8. The first-order valence-electron chi connectivity index (χ1n) is 8.16. The molecule has 22 heavy (non-hydrogen) atoms. The van der Waals surface area contributed by atoms with Crippen LogP contribution in [0.25, 0.3) is 0 Å². The van der Waals surface area contributed by atoms with Gasteiger partial charge in [0, 0.05) is 39.5 Å². The number of nitrogens with zero attached hydrogens (tertiary/aromatic N) is 1. The summed E-state index contributed by atoms with van der Waals surface area (Å²) in [5, 5.41) is 6.46. The fraction of sp³-hybridized carbons (Fsp3) is 0.933. The van der Waals surface area contributed by atoms with Crippen molar-refractivity contribution in [3.8, 4) is 0 Å². The number of ether oxygens (including phenoxy) is 3. The number of guanidine groups is 1. The van der Waals surface area contributed by atoms with E-state index in [-0.39, 0.29) is 24.0 Å². The zero-order chi connectivity index (χ0) is 15.2. The zero-order valence-corrected chi connectivity index (χ0v) is 16.3. The molecule has 0 aliphatic carbocycles. The minimum absolute atomic E-state index is 0. The number of nitrogens with one attached hydrogen (secondary N) is 2. The number of hydrogen-bond donors (Lipinski definition) is 2. The fourth-order valence-electron chi connectivity index (χ4n) is 2.08. The SMILES string of the molecule is CCNC(=NCCCOCC1CCCO1)NCCOCC.I. The van der Waals surface area contributed by atoms with E-state index in [1.807, 2.05) is 6.92 Å². The highest BCUT2D eigenvalue weighted by Gasteiger charge is 2.14. The maximum Gasteiger partial charge on any atom is 0.191 e. The third-order valence-corrected chi connectivity index (χ3v) is 3.13. The molecule has 0 saturated carbocycles. The van der Waals surface area contributed by atoms with Gasteiger partial charge in [-0.05, 0) is 33.1 Å². The highest BCUT2D eigenvalue weighted by Crippen LogP contribution is 2.11. The van der Waals surface area contributed by atoms with Crippen LogP contribution in [0.2, 0.25) is 0 Å². The average Bonchev–Trinajstić information content (AvgIpc) is 3.00. The molecule has 7 heteroatoms. The zero-order valence-electron chi connectivity index (χ0n) is 13.9. The Balaban J connectivity index is 0.00000441. The second-order valence-electron chi connectivity index (χ2n) is 4.95. The quantitative estimate of drug-likeness (QED) is 0.227. The van der Waals surface area contributed by atoms with E-state index in [1.54, 1.807) is 0 Å². The summed E-state index contributed by atoms with van der Waals surface area (Å²) in [6.45, 7) is 10.2. The maximum absolute atomic E-state index is 5.62. The van der Waals surface area contributed by atoms with Gasteiger partial charge < -0.3 is 24.8 Å². The Labute approximate surface area is 151 Å². The molecule has 1 aliphatic rings. The lowest BCUT2D eigenvalue weighted by molar-refractivity contribution is 0.0171. The summed E-state index contributed by atoms with van der Waals surface area (Å²) in [4.78, 5) is 4.51. The van der Waals surface area contributed by atoms with E-state index in [0.717, 1.165) is 71.3 Å². The second-order valence-corrected chi connectivity index (χ2v) is 4.95. The molecule has 0 aromatic heterocycles. The molecule has 0 bridgehead atoms. The molecule has 0 amide bonds. The molecule has 2 N–H and O–H groups in total. The molecule has 1 rings (SSSR count). The van der Waals surface area contributed by atoms with Gasteiger partial charge in [0.1, 0.15) is 0 Å². The van der Waals surface area contributed by atoms with Crippen molar-refractivity contribution in [1.82, 2.24) is 10.6 Å². The summed E-state index contributed by atoms with van der Waals surface area (Å²) in [5.41, 5.74) is 0. The van der Waals surface area contributed by atoms with Crippen LogP contribution in [-0.4, -0.2) is 64.7 Å². The Hall–Kier alpha value is -0.120. The Kier molecular flexibility index (Phi) is 15.7. The van der Waals surface area contributed by atoms with Gasteiger partial charge in [-0.3, -0.25) is 4.99 Å². The summed E-state index contributed by atoms with van der Waals surface area (Å²) in [6.07, 6.45) is 3.53. The van der Waals surface area contributed by atoms with Crippen molar-refractivity contribution < 1.29 is 14.2 Å². The van der Waals surface area contributed by atoms with Crippen molar-refractivity contribution in [3.63, 3.8) is 0 Å². The molecule has 1 saturated heterocycles. The number of rotatable bonds is 11. The highest BCUT2D eigenvalue weighted by atomic mass is 127. The molecule has 1 fully saturated rings. The maximum atomic E-state index is 5.62. The minimum Gasteiger partial charge on any atom is -0.380 e. The topological polar surface area (TPSA) is 64.1 Å².